The standard InChI is InChI=1S/C16H31NO7/c1-19-4-5-20-6-7-21-8-9-22-10-11-23-12-13-24-16-2-3-17(14-16)15-18/h15-16H,2-14H2,1H3. The zero-order valence-corrected chi connectivity index (χ0v) is 14.7. The molecule has 0 bridgehead atoms. The fourth-order valence-electron chi connectivity index (χ4n) is 2.16. The fraction of sp³-hybridized carbons (Fsp3) is 0.938. The van der Waals surface area contributed by atoms with Gasteiger partial charge >= 0.3 is 0 Å². The maximum absolute atomic E-state index is 10.6. The second-order valence-electron chi connectivity index (χ2n) is 5.32. The molecule has 8 nitrogen and oxygen atoms in total. The van der Waals surface area contributed by atoms with E-state index in [-0.39, 0.29) is 6.10 Å². The third-order valence-electron chi connectivity index (χ3n) is 3.45. The molecule has 0 saturated carbocycles. The largest absolute Gasteiger partial charge is 0.382 e. The van der Waals surface area contributed by atoms with Crippen LogP contribution in [0.1, 0.15) is 6.42 Å². The first-order valence-electron chi connectivity index (χ1n) is 8.47. The van der Waals surface area contributed by atoms with Gasteiger partial charge in [0.05, 0.1) is 72.2 Å². The van der Waals surface area contributed by atoms with Crippen molar-refractivity contribution in [1.29, 1.82) is 0 Å². The number of carbonyl (C=O) groups is 1. The third kappa shape index (κ3) is 11.7. The number of ether oxygens (including phenoxy) is 6. The molecule has 1 aliphatic rings. The normalized spacial score (nSPS) is 17.5. The van der Waals surface area contributed by atoms with Gasteiger partial charge in [-0.3, -0.25) is 4.79 Å². The Balaban J connectivity index is 1.70. The SMILES string of the molecule is COCCOCCOCCOCCOCCOC1CCN(C=O)C1. The highest BCUT2D eigenvalue weighted by Gasteiger charge is 2.21. The van der Waals surface area contributed by atoms with E-state index in [2.05, 4.69) is 0 Å². The Bertz CT molecular complexity index is 294. The number of amides is 1. The molecule has 0 aliphatic carbocycles. The summed E-state index contributed by atoms with van der Waals surface area (Å²) in [6, 6.07) is 0. The van der Waals surface area contributed by atoms with Gasteiger partial charge in [0.15, 0.2) is 0 Å². The van der Waals surface area contributed by atoms with Gasteiger partial charge in [0, 0.05) is 20.2 Å². The zero-order chi connectivity index (χ0) is 17.3. The van der Waals surface area contributed by atoms with E-state index in [0.717, 1.165) is 19.4 Å². The molecule has 1 atom stereocenters. The first-order chi connectivity index (χ1) is 11.9. The summed E-state index contributed by atoms with van der Waals surface area (Å²) in [5.41, 5.74) is 0. The first-order valence-corrected chi connectivity index (χ1v) is 8.47. The molecule has 8 heteroatoms. The molecule has 1 amide bonds. The van der Waals surface area contributed by atoms with E-state index >= 15 is 0 Å². The van der Waals surface area contributed by atoms with Crippen molar-refractivity contribution in [2.24, 2.45) is 0 Å². The molecule has 24 heavy (non-hydrogen) atoms. The summed E-state index contributed by atoms with van der Waals surface area (Å²) in [6.07, 6.45) is 1.92. The van der Waals surface area contributed by atoms with E-state index < -0.39 is 0 Å². The van der Waals surface area contributed by atoms with Crippen LogP contribution in [0.15, 0.2) is 0 Å². The molecule has 1 unspecified atom stereocenters. The fourth-order valence-corrected chi connectivity index (χ4v) is 2.16. The van der Waals surface area contributed by atoms with Crippen LogP contribution in [0, 0.1) is 0 Å². The van der Waals surface area contributed by atoms with Gasteiger partial charge in [-0.1, -0.05) is 0 Å². The first kappa shape index (κ1) is 21.3. The lowest BCUT2D eigenvalue weighted by Crippen LogP contribution is -2.23. The molecular formula is C16H31NO7. The molecule has 0 radical (unpaired) electrons. The van der Waals surface area contributed by atoms with Crippen LogP contribution in [0.25, 0.3) is 0 Å². The molecule has 0 spiro atoms. The van der Waals surface area contributed by atoms with Crippen molar-refractivity contribution in [1.82, 2.24) is 4.90 Å². The molecule has 1 rings (SSSR count). The molecule has 1 saturated heterocycles. The lowest BCUT2D eigenvalue weighted by Gasteiger charge is -2.12. The number of methoxy groups -OCH3 is 1. The lowest BCUT2D eigenvalue weighted by molar-refractivity contribution is -0.117. The lowest BCUT2D eigenvalue weighted by atomic mass is 10.3. The van der Waals surface area contributed by atoms with E-state index in [9.17, 15) is 4.79 Å². The maximum Gasteiger partial charge on any atom is 0.209 e. The average molecular weight is 349 g/mol. The van der Waals surface area contributed by atoms with E-state index in [4.69, 9.17) is 28.4 Å². The highest BCUT2D eigenvalue weighted by Crippen LogP contribution is 2.10. The van der Waals surface area contributed by atoms with Crippen LogP contribution in [0.4, 0.5) is 0 Å². The van der Waals surface area contributed by atoms with Crippen LogP contribution in [-0.4, -0.2) is 104 Å². The molecule has 1 fully saturated rings. The van der Waals surface area contributed by atoms with Crippen LogP contribution >= 0.6 is 0 Å². The van der Waals surface area contributed by atoms with E-state index in [1.165, 1.54) is 0 Å². The quantitative estimate of drug-likeness (QED) is 0.269. The number of nitrogens with zero attached hydrogens (tertiary/aromatic N) is 1. The Morgan fingerprint density at radius 3 is 1.79 bits per heavy atom. The van der Waals surface area contributed by atoms with Gasteiger partial charge in [0.1, 0.15) is 0 Å². The van der Waals surface area contributed by atoms with E-state index in [1.807, 2.05) is 0 Å². The van der Waals surface area contributed by atoms with Gasteiger partial charge in [-0.15, -0.1) is 0 Å². The predicted molar refractivity (Wildman–Crippen MR) is 87.1 cm³/mol. The van der Waals surface area contributed by atoms with Crippen molar-refractivity contribution in [3.63, 3.8) is 0 Å². The monoisotopic (exact) mass is 349 g/mol. The van der Waals surface area contributed by atoms with E-state index in [1.54, 1.807) is 12.0 Å². The molecule has 0 aromatic carbocycles. The zero-order valence-electron chi connectivity index (χ0n) is 14.7. The van der Waals surface area contributed by atoms with Gasteiger partial charge in [0.25, 0.3) is 0 Å². The Morgan fingerprint density at radius 1 is 0.833 bits per heavy atom. The van der Waals surface area contributed by atoms with Gasteiger partial charge < -0.3 is 33.3 Å². The van der Waals surface area contributed by atoms with Crippen LogP contribution in [0.2, 0.25) is 0 Å². The van der Waals surface area contributed by atoms with Crippen LogP contribution in [0.3, 0.4) is 0 Å². The predicted octanol–water partition coefficient (Wildman–Crippen LogP) is -0.0535. The molecule has 0 N–H and O–H groups in total. The van der Waals surface area contributed by atoms with Crippen LogP contribution < -0.4 is 0 Å². The average Bonchev–Trinajstić information content (AvgIpc) is 3.06. The summed E-state index contributed by atoms with van der Waals surface area (Å²) in [5, 5.41) is 0. The molecule has 1 aliphatic heterocycles. The summed E-state index contributed by atoms with van der Waals surface area (Å²) in [7, 11) is 1.64. The minimum Gasteiger partial charge on any atom is -0.382 e. The molecule has 0 aromatic heterocycles. The van der Waals surface area contributed by atoms with Crippen LogP contribution in [0.5, 0.6) is 0 Å². The Morgan fingerprint density at radius 2 is 1.33 bits per heavy atom. The number of hydrogen-bond donors (Lipinski definition) is 0. The maximum atomic E-state index is 10.6. The van der Waals surface area contributed by atoms with Crippen molar-refractivity contribution >= 4 is 6.41 Å². The second kappa shape index (κ2) is 15.7. The minimum absolute atomic E-state index is 0.144. The van der Waals surface area contributed by atoms with Gasteiger partial charge in [-0.2, -0.15) is 0 Å². The summed E-state index contributed by atoms with van der Waals surface area (Å²) < 4.78 is 31.9. The Labute approximate surface area is 144 Å². The summed E-state index contributed by atoms with van der Waals surface area (Å²) in [5.74, 6) is 0. The van der Waals surface area contributed by atoms with Gasteiger partial charge in [-0.05, 0) is 6.42 Å². The Hall–Kier alpha value is -0.770. The van der Waals surface area contributed by atoms with Gasteiger partial charge in [-0.25, -0.2) is 0 Å². The van der Waals surface area contributed by atoms with E-state index in [0.29, 0.717) is 72.6 Å². The van der Waals surface area contributed by atoms with Crippen molar-refractivity contribution in [3.8, 4) is 0 Å². The smallest absolute Gasteiger partial charge is 0.209 e. The van der Waals surface area contributed by atoms with Crippen molar-refractivity contribution in [2.45, 2.75) is 12.5 Å². The topological polar surface area (TPSA) is 75.7 Å². The summed E-state index contributed by atoms with van der Waals surface area (Å²) in [4.78, 5) is 12.3. The number of carbonyl (C=O) groups excluding carboxylic acids is 1. The molecule has 142 valence electrons. The highest BCUT2D eigenvalue weighted by molar-refractivity contribution is 5.47. The van der Waals surface area contributed by atoms with Crippen molar-refractivity contribution in [2.75, 3.05) is 86.3 Å². The molecule has 0 aromatic rings. The number of rotatable bonds is 17. The third-order valence-corrected chi connectivity index (χ3v) is 3.45. The molecule has 1 heterocycles. The number of hydrogen-bond acceptors (Lipinski definition) is 7. The van der Waals surface area contributed by atoms with Gasteiger partial charge in [0.2, 0.25) is 6.41 Å². The van der Waals surface area contributed by atoms with Crippen LogP contribution in [-0.2, 0) is 33.2 Å². The minimum atomic E-state index is 0.144. The second-order valence-corrected chi connectivity index (χ2v) is 5.32. The highest BCUT2D eigenvalue weighted by atomic mass is 16.6. The number of likely N-dealkylation sites (tertiary alicyclic amines) is 1. The van der Waals surface area contributed by atoms with Crippen molar-refractivity contribution < 1.29 is 33.2 Å². The molecular weight excluding hydrogens is 318 g/mol. The summed E-state index contributed by atoms with van der Waals surface area (Å²) >= 11 is 0. The Kier molecular flexibility index (Phi) is 14.0. The van der Waals surface area contributed by atoms with Crippen molar-refractivity contribution in [3.05, 3.63) is 0 Å². The summed E-state index contributed by atoms with van der Waals surface area (Å²) in [6.45, 7) is 7.03.